The summed E-state index contributed by atoms with van der Waals surface area (Å²) in [5.74, 6) is 0.297. The van der Waals surface area contributed by atoms with E-state index in [4.69, 9.17) is 9.56 Å². The summed E-state index contributed by atoms with van der Waals surface area (Å²) in [5.41, 5.74) is 0. The predicted molar refractivity (Wildman–Crippen MR) is 80.4 cm³/mol. The Morgan fingerprint density at radius 3 is 2.43 bits per heavy atom. The van der Waals surface area contributed by atoms with Gasteiger partial charge >= 0.3 is 0 Å². The average molecular weight is 316 g/mol. The Hall–Kier alpha value is -1.34. The Balaban J connectivity index is 2.64. The van der Waals surface area contributed by atoms with Crippen LogP contribution in [0.5, 0.6) is 0 Å². The first-order valence-corrected chi connectivity index (χ1v) is 8.60. The molecule has 120 valence electrons. The van der Waals surface area contributed by atoms with Gasteiger partial charge in [0.2, 0.25) is 10.0 Å². The van der Waals surface area contributed by atoms with Gasteiger partial charge in [0.1, 0.15) is 10.7 Å². The third kappa shape index (κ3) is 5.51. The number of carbonyl (C=O) groups excluding carboxylic acids is 1. The highest BCUT2D eigenvalue weighted by Crippen LogP contribution is 2.19. The Morgan fingerprint density at radius 1 is 1.33 bits per heavy atom. The first kappa shape index (κ1) is 17.7. The molecule has 0 spiro atoms. The second-order valence-corrected chi connectivity index (χ2v) is 7.31. The van der Waals surface area contributed by atoms with Crippen LogP contribution in [0.1, 0.15) is 56.3 Å². The molecule has 21 heavy (non-hydrogen) atoms. The number of aryl methyl sites for hydroxylation is 1. The van der Waals surface area contributed by atoms with Gasteiger partial charge in [0, 0.05) is 12.1 Å². The quantitative estimate of drug-likeness (QED) is 0.804. The normalized spacial score (nSPS) is 13.4. The molecule has 0 aliphatic heterocycles. The number of carbonyl (C=O) groups is 1. The maximum atomic E-state index is 12.0. The van der Waals surface area contributed by atoms with Crippen LogP contribution in [0.4, 0.5) is 0 Å². The van der Waals surface area contributed by atoms with Crippen LogP contribution in [0.25, 0.3) is 0 Å². The highest BCUT2D eigenvalue weighted by Gasteiger charge is 2.21. The van der Waals surface area contributed by atoms with E-state index in [0.29, 0.717) is 5.92 Å². The smallest absolute Gasteiger partial charge is 0.287 e. The monoisotopic (exact) mass is 316 g/mol. The number of nitrogens with two attached hydrogens (primary N) is 1. The SMILES string of the molecule is Cc1oc(C(=O)NC(C)CCCC(C)C)cc1S(N)(=O)=O. The lowest BCUT2D eigenvalue weighted by Crippen LogP contribution is -2.32. The van der Waals surface area contributed by atoms with E-state index in [9.17, 15) is 13.2 Å². The highest BCUT2D eigenvalue weighted by molar-refractivity contribution is 7.89. The minimum absolute atomic E-state index is 0.000380. The summed E-state index contributed by atoms with van der Waals surface area (Å²) < 4.78 is 27.8. The summed E-state index contributed by atoms with van der Waals surface area (Å²) in [6.45, 7) is 7.69. The van der Waals surface area contributed by atoms with Gasteiger partial charge < -0.3 is 9.73 Å². The van der Waals surface area contributed by atoms with Crippen molar-refractivity contribution in [2.24, 2.45) is 11.1 Å². The van der Waals surface area contributed by atoms with E-state index in [-0.39, 0.29) is 22.5 Å². The van der Waals surface area contributed by atoms with Crippen molar-refractivity contribution in [2.75, 3.05) is 0 Å². The zero-order chi connectivity index (χ0) is 16.2. The molecule has 0 aromatic carbocycles. The van der Waals surface area contributed by atoms with Crippen LogP contribution < -0.4 is 10.5 Å². The largest absolute Gasteiger partial charge is 0.455 e. The van der Waals surface area contributed by atoms with Crippen molar-refractivity contribution in [2.45, 2.75) is 57.9 Å². The van der Waals surface area contributed by atoms with Gasteiger partial charge in [0.05, 0.1) is 0 Å². The molecule has 1 atom stereocenters. The van der Waals surface area contributed by atoms with Crippen molar-refractivity contribution in [1.82, 2.24) is 5.32 Å². The van der Waals surface area contributed by atoms with Crippen LogP contribution in [0.2, 0.25) is 0 Å². The lowest BCUT2D eigenvalue weighted by molar-refractivity contribution is 0.0908. The number of hydrogen-bond acceptors (Lipinski definition) is 4. The maximum absolute atomic E-state index is 12.0. The van der Waals surface area contributed by atoms with Crippen molar-refractivity contribution in [1.29, 1.82) is 0 Å². The third-order valence-electron chi connectivity index (χ3n) is 3.20. The van der Waals surface area contributed by atoms with Crippen molar-refractivity contribution >= 4 is 15.9 Å². The molecule has 0 bridgehead atoms. The van der Waals surface area contributed by atoms with Gasteiger partial charge in [-0.05, 0) is 26.2 Å². The fourth-order valence-electron chi connectivity index (χ4n) is 2.06. The van der Waals surface area contributed by atoms with E-state index in [0.717, 1.165) is 19.3 Å². The average Bonchev–Trinajstić information content (AvgIpc) is 2.70. The number of nitrogens with one attached hydrogen (secondary N) is 1. The first-order chi connectivity index (χ1) is 9.61. The molecule has 0 saturated carbocycles. The molecule has 1 amide bonds. The van der Waals surface area contributed by atoms with Crippen molar-refractivity contribution in [3.8, 4) is 0 Å². The summed E-state index contributed by atoms with van der Waals surface area (Å²) in [5, 5.41) is 7.84. The van der Waals surface area contributed by atoms with Gasteiger partial charge in [0.15, 0.2) is 5.76 Å². The summed E-state index contributed by atoms with van der Waals surface area (Å²) in [7, 11) is -3.87. The molecule has 6 nitrogen and oxygen atoms in total. The molecule has 0 fully saturated rings. The van der Waals surface area contributed by atoms with Crippen LogP contribution in [-0.4, -0.2) is 20.4 Å². The van der Waals surface area contributed by atoms with Gasteiger partial charge in [0.25, 0.3) is 5.91 Å². The molecule has 1 aromatic rings. The van der Waals surface area contributed by atoms with Gasteiger partial charge in [-0.2, -0.15) is 0 Å². The molecule has 1 unspecified atom stereocenters. The molecule has 1 rings (SSSR count). The molecule has 1 aromatic heterocycles. The number of hydrogen-bond donors (Lipinski definition) is 2. The summed E-state index contributed by atoms with van der Waals surface area (Å²) in [4.78, 5) is 11.9. The molecule has 1 heterocycles. The fraction of sp³-hybridized carbons (Fsp3) is 0.643. The van der Waals surface area contributed by atoms with Crippen LogP contribution in [-0.2, 0) is 10.0 Å². The fourth-order valence-corrected chi connectivity index (χ4v) is 2.77. The zero-order valence-electron chi connectivity index (χ0n) is 13.0. The number of sulfonamides is 1. The highest BCUT2D eigenvalue weighted by atomic mass is 32.2. The standard InChI is InChI=1S/C14H24N2O4S/c1-9(2)6-5-7-10(3)16-14(17)12-8-13(11(4)20-12)21(15,18)19/h8-10H,5-7H2,1-4H3,(H,16,17)(H2,15,18,19). The van der Waals surface area contributed by atoms with E-state index < -0.39 is 15.9 Å². The van der Waals surface area contributed by atoms with Crippen LogP contribution in [0.3, 0.4) is 0 Å². The van der Waals surface area contributed by atoms with Crippen molar-refractivity contribution in [3.63, 3.8) is 0 Å². The number of furan rings is 1. The van der Waals surface area contributed by atoms with E-state index in [1.54, 1.807) is 0 Å². The molecular formula is C14H24N2O4S. The summed E-state index contributed by atoms with van der Waals surface area (Å²) in [6, 6.07) is 1.17. The lowest BCUT2D eigenvalue weighted by atomic mass is 10.0. The first-order valence-electron chi connectivity index (χ1n) is 7.05. The topological polar surface area (TPSA) is 102 Å². The number of primary sulfonamides is 1. The maximum Gasteiger partial charge on any atom is 0.287 e. The second-order valence-electron chi connectivity index (χ2n) is 5.78. The Bertz CT molecular complexity index is 590. The van der Waals surface area contributed by atoms with E-state index in [1.807, 2.05) is 6.92 Å². The predicted octanol–water partition coefficient (Wildman–Crippen LogP) is 2.18. The number of amides is 1. The zero-order valence-corrected chi connectivity index (χ0v) is 13.8. The minimum Gasteiger partial charge on any atom is -0.455 e. The van der Waals surface area contributed by atoms with E-state index in [2.05, 4.69) is 19.2 Å². The van der Waals surface area contributed by atoms with Crippen LogP contribution in [0.15, 0.2) is 15.4 Å². The molecule has 0 aliphatic carbocycles. The molecule has 0 radical (unpaired) electrons. The molecule has 0 saturated heterocycles. The lowest BCUT2D eigenvalue weighted by Gasteiger charge is -2.13. The molecule has 7 heteroatoms. The van der Waals surface area contributed by atoms with Crippen LogP contribution >= 0.6 is 0 Å². The molecular weight excluding hydrogens is 292 g/mol. The minimum atomic E-state index is -3.87. The summed E-state index contributed by atoms with van der Waals surface area (Å²) in [6.07, 6.45) is 3.00. The van der Waals surface area contributed by atoms with Gasteiger partial charge in [-0.3, -0.25) is 4.79 Å². The van der Waals surface area contributed by atoms with E-state index in [1.165, 1.54) is 13.0 Å². The van der Waals surface area contributed by atoms with Crippen LogP contribution in [0, 0.1) is 12.8 Å². The Kier molecular flexibility index (Phi) is 5.98. The van der Waals surface area contributed by atoms with Gasteiger partial charge in [-0.15, -0.1) is 0 Å². The van der Waals surface area contributed by atoms with Crippen molar-refractivity contribution in [3.05, 3.63) is 17.6 Å². The Labute approximate surface area is 126 Å². The van der Waals surface area contributed by atoms with E-state index >= 15 is 0 Å². The van der Waals surface area contributed by atoms with Gasteiger partial charge in [-0.1, -0.05) is 26.7 Å². The Morgan fingerprint density at radius 2 is 1.95 bits per heavy atom. The third-order valence-corrected chi connectivity index (χ3v) is 4.22. The molecule has 0 aliphatic rings. The summed E-state index contributed by atoms with van der Waals surface area (Å²) >= 11 is 0. The molecule has 3 N–H and O–H groups in total. The second kappa shape index (κ2) is 7.09. The van der Waals surface area contributed by atoms with Crippen molar-refractivity contribution < 1.29 is 17.6 Å². The van der Waals surface area contributed by atoms with Gasteiger partial charge in [-0.25, -0.2) is 13.6 Å². The number of rotatable bonds is 7.